The lowest BCUT2D eigenvalue weighted by molar-refractivity contribution is 0.491. The van der Waals surface area contributed by atoms with Gasteiger partial charge < -0.3 is 4.43 Å². The average Bonchev–Trinajstić information content (AvgIpc) is 2.90. The number of benzene rings is 2. The van der Waals surface area contributed by atoms with Gasteiger partial charge in [0.25, 0.3) is 0 Å². The monoisotopic (exact) mass is 384 g/mol. The van der Waals surface area contributed by atoms with E-state index in [2.05, 4.69) is 66.8 Å². The van der Waals surface area contributed by atoms with E-state index in [4.69, 9.17) is 4.43 Å². The Morgan fingerprint density at radius 1 is 1.07 bits per heavy atom. The molecule has 0 amide bonds. The Morgan fingerprint density at radius 2 is 1.67 bits per heavy atom. The molecule has 0 fully saturated rings. The maximum Gasteiger partial charge on any atom is 0.250 e. The Morgan fingerprint density at radius 3 is 2.22 bits per heavy atom. The molecule has 1 nitrogen and oxygen atoms in total. The van der Waals surface area contributed by atoms with Crippen molar-refractivity contribution in [1.82, 2.24) is 0 Å². The van der Waals surface area contributed by atoms with Gasteiger partial charge in [-0.2, -0.15) is 0 Å². The van der Waals surface area contributed by atoms with Crippen molar-refractivity contribution in [2.24, 2.45) is 0 Å². The fraction of sp³-hybridized carbons (Fsp3) is 0.500. The molecule has 0 heterocycles. The van der Waals surface area contributed by atoms with E-state index in [1.54, 1.807) is 6.07 Å². The summed E-state index contributed by atoms with van der Waals surface area (Å²) in [6.07, 6.45) is 2.00. The van der Waals surface area contributed by atoms with Gasteiger partial charge in [0.15, 0.2) is 0 Å². The van der Waals surface area contributed by atoms with Gasteiger partial charge in [-0.1, -0.05) is 33.8 Å². The molecule has 0 N–H and O–H groups in total. The molecule has 1 unspecified atom stereocenters. The molecule has 27 heavy (non-hydrogen) atoms. The number of aryl methyl sites for hydroxylation is 2. The van der Waals surface area contributed by atoms with E-state index in [1.807, 2.05) is 6.07 Å². The highest BCUT2D eigenvalue weighted by Gasteiger charge is 2.39. The van der Waals surface area contributed by atoms with Crippen molar-refractivity contribution in [3.8, 4) is 16.9 Å². The highest BCUT2D eigenvalue weighted by Crippen LogP contribution is 2.43. The highest BCUT2D eigenvalue weighted by atomic mass is 28.4. The molecule has 1 atom stereocenters. The molecule has 2 aromatic carbocycles. The third-order valence-corrected chi connectivity index (χ3v) is 10.9. The van der Waals surface area contributed by atoms with Gasteiger partial charge in [0.05, 0.1) is 0 Å². The first-order valence-electron chi connectivity index (χ1n) is 10.0. The molecule has 0 saturated carbocycles. The Bertz CT molecular complexity index is 854. The van der Waals surface area contributed by atoms with Crippen LogP contribution in [0.3, 0.4) is 0 Å². The van der Waals surface area contributed by atoms with Crippen LogP contribution in [-0.2, 0) is 6.42 Å². The van der Waals surface area contributed by atoms with Crippen molar-refractivity contribution in [2.45, 2.75) is 78.4 Å². The van der Waals surface area contributed by atoms with Crippen molar-refractivity contribution >= 4 is 8.32 Å². The summed E-state index contributed by atoms with van der Waals surface area (Å²) >= 11 is 0. The summed E-state index contributed by atoms with van der Waals surface area (Å²) < 4.78 is 20.9. The number of rotatable bonds is 3. The molecule has 2 aromatic rings. The number of hydrogen-bond acceptors (Lipinski definition) is 1. The summed E-state index contributed by atoms with van der Waals surface area (Å²) in [5.74, 6) is 1.22. The van der Waals surface area contributed by atoms with Gasteiger partial charge in [-0.3, -0.25) is 0 Å². The molecule has 146 valence electrons. The minimum absolute atomic E-state index is 0.0491. The largest absolute Gasteiger partial charge is 0.543 e. The first-order chi connectivity index (χ1) is 12.4. The van der Waals surface area contributed by atoms with Crippen LogP contribution in [0.2, 0.25) is 18.1 Å². The Balaban J connectivity index is 2.06. The molecule has 1 aliphatic carbocycles. The number of hydrogen-bond donors (Lipinski definition) is 0. The van der Waals surface area contributed by atoms with Crippen molar-refractivity contribution in [3.63, 3.8) is 0 Å². The summed E-state index contributed by atoms with van der Waals surface area (Å²) in [6.45, 7) is 17.8. The van der Waals surface area contributed by atoms with Gasteiger partial charge in [-0.25, -0.2) is 4.39 Å². The van der Waals surface area contributed by atoms with E-state index < -0.39 is 8.32 Å². The summed E-state index contributed by atoms with van der Waals surface area (Å²) in [4.78, 5) is 0. The predicted octanol–water partition coefficient (Wildman–Crippen LogP) is 7.54. The minimum Gasteiger partial charge on any atom is -0.543 e. The van der Waals surface area contributed by atoms with Gasteiger partial charge in [0.1, 0.15) is 11.6 Å². The molecular formula is C24H33FOSi. The molecule has 0 aromatic heterocycles. The van der Waals surface area contributed by atoms with Crippen LogP contribution >= 0.6 is 0 Å². The van der Waals surface area contributed by atoms with E-state index in [-0.39, 0.29) is 10.9 Å². The van der Waals surface area contributed by atoms with Crippen molar-refractivity contribution in [1.29, 1.82) is 0 Å². The van der Waals surface area contributed by atoms with Crippen LogP contribution in [0.4, 0.5) is 4.39 Å². The second-order valence-electron chi connectivity index (χ2n) is 9.72. The fourth-order valence-corrected chi connectivity index (χ4v) is 5.05. The third-order valence-electron chi connectivity index (χ3n) is 6.58. The van der Waals surface area contributed by atoms with Crippen LogP contribution in [0.5, 0.6) is 5.75 Å². The summed E-state index contributed by atoms with van der Waals surface area (Å²) in [6, 6.07) is 7.94. The van der Waals surface area contributed by atoms with Crippen LogP contribution in [0.25, 0.3) is 11.1 Å². The standard InChI is InChI=1S/C24H33FOSi/c1-15-9-10-20-19(11-12-21(25)23(15)20)22-16(2)13-18(14-17(22)3)26-27(7,8)24(4,5)6/h11-15H,9-10H2,1-8H3. The van der Waals surface area contributed by atoms with Gasteiger partial charge in [-0.05, 0) is 102 Å². The fourth-order valence-electron chi connectivity index (χ4n) is 4.03. The zero-order valence-corrected chi connectivity index (χ0v) is 19.1. The van der Waals surface area contributed by atoms with Crippen LogP contribution < -0.4 is 4.43 Å². The average molecular weight is 385 g/mol. The lowest BCUT2D eigenvalue weighted by Gasteiger charge is -2.36. The first kappa shape index (κ1) is 20.1. The van der Waals surface area contributed by atoms with E-state index >= 15 is 0 Å². The number of halogens is 1. The van der Waals surface area contributed by atoms with Crippen LogP contribution in [-0.4, -0.2) is 8.32 Å². The molecule has 3 heteroatoms. The SMILES string of the molecule is Cc1cc(O[Si](C)(C)C(C)(C)C)cc(C)c1-c1ccc(F)c2c1CCC2C. The lowest BCUT2D eigenvalue weighted by atomic mass is 9.89. The van der Waals surface area contributed by atoms with Crippen LogP contribution in [0.1, 0.15) is 62.3 Å². The highest BCUT2D eigenvalue weighted by molar-refractivity contribution is 6.74. The molecule has 1 aliphatic rings. The predicted molar refractivity (Wildman–Crippen MR) is 116 cm³/mol. The lowest BCUT2D eigenvalue weighted by Crippen LogP contribution is -2.43. The zero-order chi connectivity index (χ0) is 20.1. The zero-order valence-electron chi connectivity index (χ0n) is 18.1. The molecule has 3 rings (SSSR count). The summed E-state index contributed by atoms with van der Waals surface area (Å²) in [7, 11) is -1.87. The molecule has 0 bridgehead atoms. The Labute approximate surface area is 165 Å². The van der Waals surface area contributed by atoms with Gasteiger partial charge >= 0.3 is 0 Å². The Hall–Kier alpha value is -1.61. The normalized spacial score (nSPS) is 17.1. The van der Waals surface area contributed by atoms with Crippen molar-refractivity contribution < 1.29 is 8.82 Å². The van der Waals surface area contributed by atoms with E-state index in [1.165, 1.54) is 27.8 Å². The Kier molecular flexibility index (Phi) is 5.05. The van der Waals surface area contributed by atoms with Crippen LogP contribution in [0, 0.1) is 19.7 Å². The van der Waals surface area contributed by atoms with E-state index in [0.29, 0.717) is 5.92 Å². The molecule has 0 spiro atoms. The second kappa shape index (κ2) is 6.77. The molecular weight excluding hydrogens is 351 g/mol. The second-order valence-corrected chi connectivity index (χ2v) is 14.4. The topological polar surface area (TPSA) is 9.23 Å². The van der Waals surface area contributed by atoms with E-state index in [0.717, 1.165) is 24.2 Å². The van der Waals surface area contributed by atoms with Gasteiger partial charge in [0, 0.05) is 0 Å². The quantitative estimate of drug-likeness (QED) is 0.497. The van der Waals surface area contributed by atoms with Crippen molar-refractivity contribution in [2.75, 3.05) is 0 Å². The molecule has 0 radical (unpaired) electrons. The third kappa shape index (κ3) is 3.59. The summed E-state index contributed by atoms with van der Waals surface area (Å²) in [5.41, 5.74) is 6.97. The molecule has 0 saturated heterocycles. The van der Waals surface area contributed by atoms with Gasteiger partial charge in [-0.15, -0.1) is 0 Å². The van der Waals surface area contributed by atoms with Crippen molar-refractivity contribution in [3.05, 3.63) is 52.3 Å². The smallest absolute Gasteiger partial charge is 0.250 e. The van der Waals surface area contributed by atoms with Crippen LogP contribution in [0.15, 0.2) is 24.3 Å². The minimum atomic E-state index is -1.87. The van der Waals surface area contributed by atoms with E-state index in [9.17, 15) is 4.39 Å². The molecule has 0 aliphatic heterocycles. The summed E-state index contributed by atoms with van der Waals surface area (Å²) in [5, 5.41) is 0.168. The number of fused-ring (bicyclic) bond motifs is 1. The maximum absolute atomic E-state index is 14.4. The first-order valence-corrected chi connectivity index (χ1v) is 12.9. The van der Waals surface area contributed by atoms with Gasteiger partial charge in [0.2, 0.25) is 8.32 Å². The maximum atomic E-state index is 14.4.